The molecule has 0 saturated carbocycles. The average Bonchev–Trinajstić information content (AvgIpc) is 3.31. The quantitative estimate of drug-likeness (QED) is 0.320. The predicted octanol–water partition coefficient (Wildman–Crippen LogP) is 6.05. The Labute approximate surface area is 211 Å². The summed E-state index contributed by atoms with van der Waals surface area (Å²) in [5, 5.41) is 9.99. The maximum atomic E-state index is 12.9. The smallest absolute Gasteiger partial charge is 0.315 e. The van der Waals surface area contributed by atoms with Crippen molar-refractivity contribution >= 4 is 23.4 Å². The van der Waals surface area contributed by atoms with Gasteiger partial charge in [-0.1, -0.05) is 48.5 Å². The number of carbonyl (C=O) groups is 2. The molecule has 1 heterocycles. The Hall–Kier alpha value is -4.60. The average molecular weight is 508 g/mol. The molecule has 3 amide bonds. The lowest BCUT2D eigenvalue weighted by molar-refractivity contribution is -0.137. The summed E-state index contributed by atoms with van der Waals surface area (Å²) in [6, 6.07) is 24.0. The van der Waals surface area contributed by atoms with E-state index in [0.717, 1.165) is 35.5 Å². The summed E-state index contributed by atoms with van der Waals surface area (Å²) in [7, 11) is 0. The Morgan fingerprint density at radius 2 is 1.51 bits per heavy atom. The maximum absolute atomic E-state index is 12.9. The zero-order valence-corrected chi connectivity index (χ0v) is 19.9. The van der Waals surface area contributed by atoms with Crippen LogP contribution in [0.5, 0.6) is 0 Å². The van der Waals surface area contributed by atoms with Crippen LogP contribution >= 0.6 is 0 Å². The second kappa shape index (κ2) is 11.0. The summed E-state index contributed by atoms with van der Waals surface area (Å²) in [6.45, 7) is 1.62. The minimum atomic E-state index is -4.47. The molecule has 0 bridgehead atoms. The van der Waals surface area contributed by atoms with Gasteiger partial charge in [0.15, 0.2) is 0 Å². The summed E-state index contributed by atoms with van der Waals surface area (Å²) in [4.78, 5) is 26.9. The van der Waals surface area contributed by atoms with Crippen molar-refractivity contribution in [2.45, 2.75) is 13.1 Å². The highest BCUT2D eigenvalue weighted by molar-refractivity contribution is 5.97. The van der Waals surface area contributed by atoms with E-state index in [4.69, 9.17) is 0 Å². The largest absolute Gasteiger partial charge is 0.416 e. The van der Waals surface area contributed by atoms with Crippen LogP contribution in [0.1, 0.15) is 12.5 Å². The highest BCUT2D eigenvalue weighted by atomic mass is 19.4. The molecule has 0 aliphatic carbocycles. The van der Waals surface area contributed by atoms with Gasteiger partial charge in [0.1, 0.15) is 12.4 Å². The van der Waals surface area contributed by atoms with Crippen LogP contribution in [0.3, 0.4) is 0 Å². The van der Waals surface area contributed by atoms with Crippen LogP contribution in [-0.2, 0) is 11.0 Å². The molecule has 1 aromatic heterocycles. The van der Waals surface area contributed by atoms with Crippen molar-refractivity contribution in [3.8, 4) is 16.9 Å². The van der Waals surface area contributed by atoms with E-state index in [1.54, 1.807) is 17.7 Å². The zero-order chi connectivity index (χ0) is 26.4. The molecule has 10 heteroatoms. The van der Waals surface area contributed by atoms with Crippen LogP contribution in [0, 0.1) is 0 Å². The van der Waals surface area contributed by atoms with Gasteiger partial charge in [-0.15, -0.1) is 0 Å². The van der Waals surface area contributed by atoms with Gasteiger partial charge in [0, 0.05) is 23.9 Å². The van der Waals surface area contributed by atoms with E-state index in [9.17, 15) is 22.8 Å². The van der Waals surface area contributed by atoms with Crippen LogP contribution in [-0.4, -0.2) is 39.7 Å². The summed E-state index contributed by atoms with van der Waals surface area (Å²) in [5.41, 5.74) is 1.65. The van der Waals surface area contributed by atoms with E-state index in [2.05, 4.69) is 15.7 Å². The Bertz CT molecular complexity index is 1350. The first-order valence-electron chi connectivity index (χ1n) is 11.5. The third-order valence-electron chi connectivity index (χ3n) is 5.51. The molecule has 7 nitrogen and oxygen atoms in total. The number of nitrogens with zero attached hydrogens (tertiary/aromatic N) is 3. The Morgan fingerprint density at radius 1 is 0.892 bits per heavy atom. The number of aromatic nitrogens is 2. The van der Waals surface area contributed by atoms with E-state index in [0.29, 0.717) is 11.5 Å². The lowest BCUT2D eigenvalue weighted by Crippen LogP contribution is -2.40. The molecule has 0 fully saturated rings. The molecule has 0 radical (unpaired) electrons. The van der Waals surface area contributed by atoms with Gasteiger partial charge in [0.25, 0.3) is 0 Å². The second-order valence-electron chi connectivity index (χ2n) is 8.10. The van der Waals surface area contributed by atoms with Crippen LogP contribution < -0.4 is 10.6 Å². The number of anilines is 2. The van der Waals surface area contributed by atoms with Crippen molar-refractivity contribution in [3.63, 3.8) is 0 Å². The van der Waals surface area contributed by atoms with E-state index in [-0.39, 0.29) is 18.8 Å². The van der Waals surface area contributed by atoms with Gasteiger partial charge in [0.2, 0.25) is 5.91 Å². The molecular weight excluding hydrogens is 483 g/mol. The Kier molecular flexibility index (Phi) is 7.57. The fraction of sp³-hybridized carbons (Fsp3) is 0.148. The standard InChI is InChI=1S/C27H24F3N5O2/c1-2-34(26(37)31-21-15-13-20(14-16-21)27(28,29)30)18-25(36)32-24-17-23(19-9-5-3-6-10-19)33-35(24)22-11-7-4-8-12-22/h3-17H,2,18H2,1H3,(H,31,37)(H,32,36). The van der Waals surface area contributed by atoms with Gasteiger partial charge < -0.3 is 15.5 Å². The van der Waals surface area contributed by atoms with Gasteiger partial charge in [0.05, 0.1) is 16.9 Å². The molecule has 4 aromatic rings. The molecule has 0 aliphatic heterocycles. The SMILES string of the molecule is CCN(CC(=O)Nc1cc(-c2ccccc2)nn1-c1ccccc1)C(=O)Nc1ccc(C(F)(F)F)cc1. The number of hydrogen-bond acceptors (Lipinski definition) is 3. The number of para-hydroxylation sites is 1. The molecule has 4 rings (SSSR count). The second-order valence-corrected chi connectivity index (χ2v) is 8.10. The Morgan fingerprint density at radius 3 is 2.11 bits per heavy atom. The van der Waals surface area contributed by atoms with Crippen molar-refractivity contribution in [1.82, 2.24) is 14.7 Å². The molecule has 0 atom stereocenters. The van der Waals surface area contributed by atoms with Crippen LogP contribution in [0.2, 0.25) is 0 Å². The van der Waals surface area contributed by atoms with Crippen molar-refractivity contribution in [1.29, 1.82) is 0 Å². The molecule has 0 unspecified atom stereocenters. The molecule has 190 valence electrons. The number of likely N-dealkylation sites (N-methyl/N-ethyl adjacent to an activating group) is 1. The topological polar surface area (TPSA) is 79.3 Å². The van der Waals surface area contributed by atoms with Crippen LogP contribution in [0.15, 0.2) is 91.0 Å². The first-order valence-corrected chi connectivity index (χ1v) is 11.5. The molecule has 0 saturated heterocycles. The van der Waals surface area contributed by atoms with Gasteiger partial charge in [-0.05, 0) is 43.3 Å². The third-order valence-corrected chi connectivity index (χ3v) is 5.51. The van der Waals surface area contributed by atoms with Crippen molar-refractivity contribution in [2.75, 3.05) is 23.7 Å². The van der Waals surface area contributed by atoms with Crippen molar-refractivity contribution in [2.24, 2.45) is 0 Å². The highest BCUT2D eigenvalue weighted by Crippen LogP contribution is 2.30. The lowest BCUT2D eigenvalue weighted by atomic mass is 10.1. The number of benzene rings is 3. The minimum absolute atomic E-state index is 0.187. The summed E-state index contributed by atoms with van der Waals surface area (Å²) >= 11 is 0. The highest BCUT2D eigenvalue weighted by Gasteiger charge is 2.30. The van der Waals surface area contributed by atoms with Crippen LogP contribution in [0.4, 0.5) is 29.5 Å². The first-order chi connectivity index (χ1) is 17.7. The minimum Gasteiger partial charge on any atom is -0.315 e. The lowest BCUT2D eigenvalue weighted by Gasteiger charge is -2.21. The molecular formula is C27H24F3N5O2. The molecule has 2 N–H and O–H groups in total. The van der Waals surface area contributed by atoms with Gasteiger partial charge in [-0.2, -0.15) is 18.3 Å². The number of hydrogen-bond donors (Lipinski definition) is 2. The van der Waals surface area contributed by atoms with Gasteiger partial charge >= 0.3 is 12.2 Å². The monoisotopic (exact) mass is 507 g/mol. The number of rotatable bonds is 7. The van der Waals surface area contributed by atoms with Gasteiger partial charge in [-0.25, -0.2) is 9.48 Å². The van der Waals surface area contributed by atoms with Crippen molar-refractivity contribution in [3.05, 3.63) is 96.6 Å². The van der Waals surface area contributed by atoms with E-state index in [1.165, 1.54) is 4.90 Å². The number of alkyl halides is 3. The number of urea groups is 1. The Balaban J connectivity index is 1.48. The predicted molar refractivity (Wildman–Crippen MR) is 135 cm³/mol. The third kappa shape index (κ3) is 6.35. The van der Waals surface area contributed by atoms with E-state index < -0.39 is 23.7 Å². The van der Waals surface area contributed by atoms with Crippen LogP contribution in [0.25, 0.3) is 16.9 Å². The van der Waals surface area contributed by atoms with E-state index >= 15 is 0 Å². The fourth-order valence-electron chi connectivity index (χ4n) is 3.61. The fourth-order valence-corrected chi connectivity index (χ4v) is 3.61. The number of amides is 3. The zero-order valence-electron chi connectivity index (χ0n) is 19.9. The number of nitrogens with one attached hydrogen (secondary N) is 2. The normalized spacial score (nSPS) is 11.1. The van der Waals surface area contributed by atoms with Crippen molar-refractivity contribution < 1.29 is 22.8 Å². The maximum Gasteiger partial charge on any atom is 0.416 e. The summed E-state index contributed by atoms with van der Waals surface area (Å²) in [6.07, 6.45) is -4.47. The number of halogens is 3. The van der Waals surface area contributed by atoms with E-state index in [1.807, 2.05) is 60.7 Å². The number of carbonyl (C=O) groups excluding carboxylic acids is 2. The molecule has 37 heavy (non-hydrogen) atoms. The molecule has 0 aliphatic rings. The summed E-state index contributed by atoms with van der Waals surface area (Å²) < 4.78 is 39.9. The van der Waals surface area contributed by atoms with Gasteiger partial charge in [-0.3, -0.25) is 4.79 Å². The first kappa shape index (κ1) is 25.5. The molecule has 0 spiro atoms. The molecule has 3 aromatic carbocycles. The summed E-state index contributed by atoms with van der Waals surface area (Å²) in [5.74, 6) is -0.0321.